The van der Waals surface area contributed by atoms with Crippen LogP contribution in [0.25, 0.3) is 21.9 Å². The molecule has 0 bridgehead atoms. The molecule has 10 heteroatoms. The van der Waals surface area contributed by atoms with E-state index in [1.165, 1.54) is 12.5 Å². The van der Waals surface area contributed by atoms with Crippen molar-refractivity contribution in [3.05, 3.63) is 70.7 Å². The molecule has 6 N–H and O–H groups in total. The standard InChI is InChI=1S/C22H20Cl2N6O2/c23-12-7-14-15(24)5-11(6-17(14)27-9-12)16(25)8-22(32)3-1-18(19(22)31)30-4-2-13-20(26)28-10-29-21(13)30/h1-7,9-10,16,18-19,31-32H,8,25H2,(H2,26,28,29). The molecule has 0 radical (unpaired) electrons. The van der Waals surface area contributed by atoms with Gasteiger partial charge in [-0.25, -0.2) is 9.97 Å². The number of nitrogen functional groups attached to an aromatic ring is 1. The van der Waals surface area contributed by atoms with Gasteiger partial charge >= 0.3 is 0 Å². The summed E-state index contributed by atoms with van der Waals surface area (Å²) in [5, 5.41) is 24.6. The molecular weight excluding hydrogens is 451 g/mol. The van der Waals surface area contributed by atoms with E-state index in [4.69, 9.17) is 34.7 Å². The number of halogens is 2. The summed E-state index contributed by atoms with van der Waals surface area (Å²) in [6, 6.07) is 5.93. The molecule has 4 aromatic rings. The fourth-order valence-electron chi connectivity index (χ4n) is 4.29. The highest BCUT2D eigenvalue weighted by Gasteiger charge is 2.44. The first-order chi connectivity index (χ1) is 15.3. The molecule has 8 nitrogen and oxygen atoms in total. The van der Waals surface area contributed by atoms with Crippen LogP contribution in [0, 0.1) is 0 Å². The van der Waals surface area contributed by atoms with Gasteiger partial charge in [-0.15, -0.1) is 0 Å². The second-order valence-corrected chi connectivity index (χ2v) is 8.88. The maximum absolute atomic E-state index is 11.3. The molecule has 32 heavy (non-hydrogen) atoms. The van der Waals surface area contributed by atoms with Crippen LogP contribution in [0.5, 0.6) is 0 Å². The van der Waals surface area contributed by atoms with Gasteiger partial charge in [0.1, 0.15) is 29.5 Å². The summed E-state index contributed by atoms with van der Waals surface area (Å²) in [6.07, 6.45) is 6.92. The van der Waals surface area contributed by atoms with Gasteiger partial charge in [0.05, 0.1) is 27.0 Å². The van der Waals surface area contributed by atoms with Gasteiger partial charge in [0, 0.05) is 30.2 Å². The van der Waals surface area contributed by atoms with E-state index in [1.807, 2.05) is 6.07 Å². The smallest absolute Gasteiger partial charge is 0.146 e. The molecule has 0 saturated carbocycles. The maximum Gasteiger partial charge on any atom is 0.146 e. The zero-order valence-corrected chi connectivity index (χ0v) is 18.2. The van der Waals surface area contributed by atoms with E-state index in [2.05, 4.69) is 15.0 Å². The average molecular weight is 471 g/mol. The summed E-state index contributed by atoms with van der Waals surface area (Å²) in [5.74, 6) is 0.352. The highest BCUT2D eigenvalue weighted by molar-refractivity contribution is 6.36. The lowest BCUT2D eigenvalue weighted by molar-refractivity contribution is -0.0527. The van der Waals surface area contributed by atoms with Crippen LogP contribution < -0.4 is 11.5 Å². The van der Waals surface area contributed by atoms with E-state index in [9.17, 15) is 10.2 Å². The summed E-state index contributed by atoms with van der Waals surface area (Å²) >= 11 is 12.4. The molecule has 0 aliphatic heterocycles. The number of pyridine rings is 1. The monoisotopic (exact) mass is 470 g/mol. The lowest BCUT2D eigenvalue weighted by atomic mass is 9.88. The minimum atomic E-state index is -1.55. The molecule has 4 atom stereocenters. The Morgan fingerprint density at radius 3 is 2.78 bits per heavy atom. The Balaban J connectivity index is 1.42. The van der Waals surface area contributed by atoms with Crippen LogP contribution in [0.15, 0.2) is 55.1 Å². The van der Waals surface area contributed by atoms with Crippen molar-refractivity contribution >= 4 is 51.0 Å². The molecule has 164 valence electrons. The first kappa shape index (κ1) is 21.1. The molecule has 3 aromatic heterocycles. The molecule has 0 fully saturated rings. The highest BCUT2D eigenvalue weighted by Crippen LogP contribution is 2.39. The Kier molecular flexibility index (Phi) is 5.07. The third kappa shape index (κ3) is 3.41. The third-order valence-electron chi connectivity index (χ3n) is 5.99. The van der Waals surface area contributed by atoms with E-state index < -0.39 is 23.8 Å². The molecule has 1 aliphatic carbocycles. The largest absolute Gasteiger partial charge is 0.387 e. The van der Waals surface area contributed by atoms with Gasteiger partial charge < -0.3 is 26.2 Å². The topological polar surface area (TPSA) is 136 Å². The van der Waals surface area contributed by atoms with E-state index in [-0.39, 0.29) is 6.42 Å². The third-order valence-corrected chi connectivity index (χ3v) is 6.51. The second-order valence-electron chi connectivity index (χ2n) is 8.04. The minimum absolute atomic E-state index is 0.0763. The van der Waals surface area contributed by atoms with Crippen molar-refractivity contribution in [3.8, 4) is 0 Å². The van der Waals surface area contributed by atoms with Gasteiger partial charge in [-0.1, -0.05) is 35.4 Å². The average Bonchev–Trinajstić information content (AvgIpc) is 3.30. The Hall–Kier alpha value is -2.75. The number of rotatable bonds is 4. The van der Waals surface area contributed by atoms with Crippen LogP contribution in [0.4, 0.5) is 5.82 Å². The number of nitrogens with two attached hydrogens (primary N) is 2. The Labute approximate surface area is 193 Å². The summed E-state index contributed by atoms with van der Waals surface area (Å²) in [5.41, 5.74) is 12.7. The SMILES string of the molecule is Nc1ncnc2c1ccn2C1C=CC(O)(CC(N)c2cc(Cl)c3cc(Cl)cnc3c2)C1O. The molecule has 1 aromatic carbocycles. The Bertz CT molecular complexity index is 1370. The van der Waals surface area contributed by atoms with Crippen molar-refractivity contribution in [2.24, 2.45) is 5.73 Å². The van der Waals surface area contributed by atoms with E-state index in [0.717, 1.165) is 5.39 Å². The summed E-state index contributed by atoms with van der Waals surface area (Å²) in [4.78, 5) is 12.6. The lowest BCUT2D eigenvalue weighted by Crippen LogP contribution is -2.43. The lowest BCUT2D eigenvalue weighted by Gasteiger charge is -2.31. The molecule has 4 unspecified atom stereocenters. The Morgan fingerprint density at radius 2 is 1.97 bits per heavy atom. The van der Waals surface area contributed by atoms with E-state index in [1.54, 1.807) is 41.1 Å². The molecule has 1 aliphatic rings. The van der Waals surface area contributed by atoms with Crippen molar-refractivity contribution in [2.45, 2.75) is 30.2 Å². The molecule has 0 amide bonds. The van der Waals surface area contributed by atoms with Gasteiger partial charge in [0.15, 0.2) is 0 Å². The predicted octanol–water partition coefficient (Wildman–Crippen LogP) is 3.16. The normalized spacial score (nSPS) is 23.9. The molecule has 0 spiro atoms. The maximum atomic E-state index is 11.3. The number of nitrogens with zero attached hydrogens (tertiary/aromatic N) is 4. The summed E-state index contributed by atoms with van der Waals surface area (Å²) < 4.78 is 1.76. The fourth-order valence-corrected chi connectivity index (χ4v) is 4.73. The van der Waals surface area contributed by atoms with Gasteiger partial charge in [0.2, 0.25) is 0 Å². The van der Waals surface area contributed by atoms with Crippen LogP contribution in [-0.4, -0.2) is 41.4 Å². The predicted molar refractivity (Wildman–Crippen MR) is 124 cm³/mol. The molecule has 5 rings (SSSR count). The quantitative estimate of drug-likeness (QED) is 0.336. The van der Waals surface area contributed by atoms with E-state index >= 15 is 0 Å². The highest BCUT2D eigenvalue weighted by atomic mass is 35.5. The van der Waals surface area contributed by atoms with Crippen LogP contribution in [0.2, 0.25) is 10.0 Å². The van der Waals surface area contributed by atoms with E-state index in [0.29, 0.717) is 38.0 Å². The van der Waals surface area contributed by atoms with Crippen LogP contribution in [-0.2, 0) is 0 Å². The fraction of sp³-hybridized carbons (Fsp3) is 0.227. The van der Waals surface area contributed by atoms with Gasteiger partial charge in [0.25, 0.3) is 0 Å². The number of hydrogen-bond acceptors (Lipinski definition) is 7. The molecule has 0 saturated heterocycles. The number of aliphatic hydroxyl groups is 2. The number of anilines is 1. The van der Waals surface area contributed by atoms with Crippen molar-refractivity contribution in [1.82, 2.24) is 19.5 Å². The number of aliphatic hydroxyl groups excluding tert-OH is 1. The zero-order valence-electron chi connectivity index (χ0n) is 16.7. The first-order valence-electron chi connectivity index (χ1n) is 9.94. The molecule has 3 heterocycles. The number of hydrogen-bond donors (Lipinski definition) is 4. The Morgan fingerprint density at radius 1 is 1.16 bits per heavy atom. The van der Waals surface area contributed by atoms with Crippen LogP contribution in [0.3, 0.4) is 0 Å². The van der Waals surface area contributed by atoms with Crippen molar-refractivity contribution in [2.75, 3.05) is 5.73 Å². The van der Waals surface area contributed by atoms with Crippen molar-refractivity contribution < 1.29 is 10.2 Å². The first-order valence-corrected chi connectivity index (χ1v) is 10.7. The number of aromatic nitrogens is 4. The second kappa shape index (κ2) is 7.68. The number of benzene rings is 1. The zero-order chi connectivity index (χ0) is 22.6. The van der Waals surface area contributed by atoms with Crippen LogP contribution >= 0.6 is 23.2 Å². The number of fused-ring (bicyclic) bond motifs is 2. The summed E-state index contributed by atoms with van der Waals surface area (Å²) in [6.45, 7) is 0. The summed E-state index contributed by atoms with van der Waals surface area (Å²) in [7, 11) is 0. The van der Waals surface area contributed by atoms with Crippen LogP contribution in [0.1, 0.15) is 24.1 Å². The van der Waals surface area contributed by atoms with Gasteiger partial charge in [-0.3, -0.25) is 4.98 Å². The van der Waals surface area contributed by atoms with Gasteiger partial charge in [-0.2, -0.15) is 0 Å². The molecular formula is C22H20Cl2N6O2. The minimum Gasteiger partial charge on any atom is -0.387 e. The van der Waals surface area contributed by atoms with Crippen molar-refractivity contribution in [3.63, 3.8) is 0 Å². The van der Waals surface area contributed by atoms with Gasteiger partial charge in [-0.05, 0) is 29.8 Å². The van der Waals surface area contributed by atoms with Crippen molar-refractivity contribution in [1.29, 1.82) is 0 Å².